The highest BCUT2D eigenvalue weighted by Gasteiger charge is 2.11. The van der Waals surface area contributed by atoms with E-state index >= 15 is 0 Å². The maximum absolute atomic E-state index is 11.0. The lowest BCUT2D eigenvalue weighted by molar-refractivity contribution is 0.0697. The minimum absolute atomic E-state index is 0.0211. The van der Waals surface area contributed by atoms with Gasteiger partial charge in [0.1, 0.15) is 18.7 Å². The highest BCUT2D eigenvalue weighted by atomic mass is 16.5. The number of benzene rings is 1. The molecule has 1 aromatic heterocycles. The van der Waals surface area contributed by atoms with Gasteiger partial charge in [-0.25, -0.2) is 14.5 Å². The first kappa shape index (κ1) is 13.9. The molecule has 2 rings (SSSR count). The standard InChI is InChI=1S/C13H16N4O3/c1-8(2)17-12(15-7-16-17)6-20-9-3-4-11(14)10(5-9)13(18)19/h3-5,7-8H,6,14H2,1-2H3,(H,18,19). The fourth-order valence-corrected chi connectivity index (χ4v) is 1.77. The van der Waals surface area contributed by atoms with Gasteiger partial charge in [0.2, 0.25) is 0 Å². The fourth-order valence-electron chi connectivity index (χ4n) is 1.77. The van der Waals surface area contributed by atoms with Crippen molar-refractivity contribution in [1.82, 2.24) is 14.8 Å². The molecule has 0 aliphatic carbocycles. The van der Waals surface area contributed by atoms with Crippen LogP contribution in [0.25, 0.3) is 0 Å². The predicted octanol–water partition coefficient (Wildman–Crippen LogP) is 1.72. The predicted molar refractivity (Wildman–Crippen MR) is 72.6 cm³/mol. The second-order valence-electron chi connectivity index (χ2n) is 4.56. The number of anilines is 1. The Balaban J connectivity index is 2.13. The van der Waals surface area contributed by atoms with Gasteiger partial charge < -0.3 is 15.6 Å². The lowest BCUT2D eigenvalue weighted by Crippen LogP contribution is -2.11. The lowest BCUT2D eigenvalue weighted by atomic mass is 10.2. The van der Waals surface area contributed by atoms with Crippen LogP contribution in [0.1, 0.15) is 36.1 Å². The molecule has 3 N–H and O–H groups in total. The van der Waals surface area contributed by atoms with E-state index in [1.807, 2.05) is 13.8 Å². The normalized spacial score (nSPS) is 10.8. The van der Waals surface area contributed by atoms with Gasteiger partial charge >= 0.3 is 5.97 Å². The van der Waals surface area contributed by atoms with E-state index in [0.29, 0.717) is 11.6 Å². The molecule has 0 amide bonds. The Labute approximate surface area is 116 Å². The molecule has 0 bridgehead atoms. The van der Waals surface area contributed by atoms with E-state index < -0.39 is 5.97 Å². The molecule has 1 aromatic carbocycles. The van der Waals surface area contributed by atoms with Crippen LogP contribution < -0.4 is 10.5 Å². The third-order valence-electron chi connectivity index (χ3n) is 2.76. The number of aromatic carboxylic acids is 1. The molecule has 0 atom stereocenters. The average molecular weight is 276 g/mol. The number of carbonyl (C=O) groups is 1. The zero-order valence-electron chi connectivity index (χ0n) is 11.3. The number of hydrogen-bond donors (Lipinski definition) is 2. The number of carboxylic acid groups (broad SMARTS) is 1. The Hall–Kier alpha value is -2.57. The summed E-state index contributed by atoms with van der Waals surface area (Å²) in [4.78, 5) is 15.1. The zero-order valence-corrected chi connectivity index (χ0v) is 11.3. The molecule has 0 fully saturated rings. The zero-order chi connectivity index (χ0) is 14.7. The fraction of sp³-hybridized carbons (Fsp3) is 0.308. The molecule has 1 heterocycles. The largest absolute Gasteiger partial charge is 0.486 e. The molecule has 0 radical (unpaired) electrons. The number of carboxylic acids is 1. The van der Waals surface area contributed by atoms with Gasteiger partial charge in [-0.2, -0.15) is 5.10 Å². The summed E-state index contributed by atoms with van der Waals surface area (Å²) in [5.41, 5.74) is 5.81. The number of nitrogen functional groups attached to an aromatic ring is 1. The Bertz CT molecular complexity index is 622. The van der Waals surface area contributed by atoms with Crippen molar-refractivity contribution >= 4 is 11.7 Å². The van der Waals surface area contributed by atoms with Gasteiger partial charge in [-0.3, -0.25) is 0 Å². The molecule has 0 saturated heterocycles. The summed E-state index contributed by atoms with van der Waals surface area (Å²) in [6.45, 7) is 4.19. The molecule has 106 valence electrons. The molecular formula is C13H16N4O3. The number of nitrogens with two attached hydrogens (primary N) is 1. The summed E-state index contributed by atoms with van der Waals surface area (Å²) in [5.74, 6) is 0.0157. The van der Waals surface area contributed by atoms with Crippen LogP contribution in [0.2, 0.25) is 0 Å². The van der Waals surface area contributed by atoms with Crippen LogP contribution in [0.15, 0.2) is 24.5 Å². The SMILES string of the molecule is CC(C)n1ncnc1COc1ccc(N)c(C(=O)O)c1. The van der Waals surface area contributed by atoms with Crippen molar-refractivity contribution in [3.63, 3.8) is 0 Å². The van der Waals surface area contributed by atoms with E-state index in [9.17, 15) is 4.79 Å². The molecule has 0 unspecified atom stereocenters. The van der Waals surface area contributed by atoms with Crippen LogP contribution in [0.3, 0.4) is 0 Å². The monoisotopic (exact) mass is 276 g/mol. The smallest absolute Gasteiger partial charge is 0.337 e. The van der Waals surface area contributed by atoms with Gasteiger partial charge in [0, 0.05) is 11.7 Å². The summed E-state index contributed by atoms with van der Waals surface area (Å²) in [6.07, 6.45) is 1.46. The van der Waals surface area contributed by atoms with Crippen molar-refractivity contribution in [1.29, 1.82) is 0 Å². The van der Waals surface area contributed by atoms with Crippen molar-refractivity contribution < 1.29 is 14.6 Å². The summed E-state index contributed by atoms with van der Waals surface area (Å²) >= 11 is 0. The Morgan fingerprint density at radius 3 is 2.90 bits per heavy atom. The van der Waals surface area contributed by atoms with Gasteiger partial charge in [-0.1, -0.05) is 0 Å². The molecule has 7 nitrogen and oxygen atoms in total. The van der Waals surface area contributed by atoms with E-state index in [1.54, 1.807) is 10.7 Å². The summed E-state index contributed by atoms with van der Waals surface area (Å²) < 4.78 is 7.29. The van der Waals surface area contributed by atoms with Crippen LogP contribution in [0.4, 0.5) is 5.69 Å². The Morgan fingerprint density at radius 1 is 1.50 bits per heavy atom. The number of ether oxygens (including phenoxy) is 1. The van der Waals surface area contributed by atoms with Crippen molar-refractivity contribution in [3.8, 4) is 5.75 Å². The molecular weight excluding hydrogens is 260 g/mol. The third kappa shape index (κ3) is 2.87. The van der Waals surface area contributed by atoms with Crippen LogP contribution in [0, 0.1) is 0 Å². The van der Waals surface area contributed by atoms with Gasteiger partial charge in [0.05, 0.1) is 5.56 Å². The molecule has 0 aliphatic rings. The topological polar surface area (TPSA) is 103 Å². The van der Waals surface area contributed by atoms with Crippen molar-refractivity contribution in [2.24, 2.45) is 0 Å². The molecule has 0 saturated carbocycles. The third-order valence-corrected chi connectivity index (χ3v) is 2.76. The summed E-state index contributed by atoms with van der Waals surface area (Å²) in [7, 11) is 0. The maximum atomic E-state index is 11.0. The Kier molecular flexibility index (Phi) is 3.88. The molecule has 2 aromatic rings. The number of rotatable bonds is 5. The highest BCUT2D eigenvalue weighted by molar-refractivity contribution is 5.94. The van der Waals surface area contributed by atoms with Crippen LogP contribution >= 0.6 is 0 Å². The molecule has 7 heteroatoms. The second kappa shape index (κ2) is 5.60. The van der Waals surface area contributed by atoms with Gasteiger partial charge in [0.25, 0.3) is 0 Å². The van der Waals surface area contributed by atoms with Crippen LogP contribution in [-0.2, 0) is 6.61 Å². The minimum Gasteiger partial charge on any atom is -0.486 e. The second-order valence-corrected chi connectivity index (χ2v) is 4.56. The van der Waals surface area contributed by atoms with E-state index in [-0.39, 0.29) is 23.9 Å². The molecule has 20 heavy (non-hydrogen) atoms. The first-order valence-corrected chi connectivity index (χ1v) is 6.13. The average Bonchev–Trinajstić information content (AvgIpc) is 2.86. The van der Waals surface area contributed by atoms with E-state index in [0.717, 1.165) is 0 Å². The van der Waals surface area contributed by atoms with Gasteiger partial charge in [-0.15, -0.1) is 0 Å². The van der Waals surface area contributed by atoms with E-state index in [2.05, 4.69) is 10.1 Å². The number of nitrogens with zero attached hydrogens (tertiary/aromatic N) is 3. The van der Waals surface area contributed by atoms with Crippen molar-refractivity contribution in [2.45, 2.75) is 26.5 Å². The summed E-state index contributed by atoms with van der Waals surface area (Å²) in [5, 5.41) is 13.1. The summed E-state index contributed by atoms with van der Waals surface area (Å²) in [6, 6.07) is 4.70. The van der Waals surface area contributed by atoms with Crippen molar-refractivity contribution in [2.75, 3.05) is 5.73 Å². The minimum atomic E-state index is -1.08. The van der Waals surface area contributed by atoms with Crippen molar-refractivity contribution in [3.05, 3.63) is 35.9 Å². The Morgan fingerprint density at radius 2 is 2.25 bits per heavy atom. The quantitative estimate of drug-likeness (QED) is 0.806. The highest BCUT2D eigenvalue weighted by Crippen LogP contribution is 2.20. The number of aromatic nitrogens is 3. The van der Waals surface area contributed by atoms with E-state index in [4.69, 9.17) is 15.6 Å². The lowest BCUT2D eigenvalue weighted by Gasteiger charge is -2.11. The van der Waals surface area contributed by atoms with Crippen LogP contribution in [-0.4, -0.2) is 25.8 Å². The van der Waals surface area contributed by atoms with Gasteiger partial charge in [-0.05, 0) is 32.0 Å². The molecule has 0 spiro atoms. The van der Waals surface area contributed by atoms with Crippen LogP contribution in [0.5, 0.6) is 5.75 Å². The maximum Gasteiger partial charge on any atom is 0.337 e. The number of hydrogen-bond acceptors (Lipinski definition) is 5. The van der Waals surface area contributed by atoms with E-state index in [1.165, 1.54) is 18.5 Å². The first-order valence-electron chi connectivity index (χ1n) is 6.13. The first-order chi connectivity index (χ1) is 9.49. The molecule has 0 aliphatic heterocycles. The van der Waals surface area contributed by atoms with Gasteiger partial charge in [0.15, 0.2) is 5.82 Å².